The van der Waals surface area contributed by atoms with Gasteiger partial charge in [-0.05, 0) is 55.9 Å². The van der Waals surface area contributed by atoms with Gasteiger partial charge in [0, 0.05) is 12.5 Å². The summed E-state index contributed by atoms with van der Waals surface area (Å²) in [6, 6.07) is 6.32. The van der Waals surface area contributed by atoms with Gasteiger partial charge in [0.2, 0.25) is 5.91 Å². The fourth-order valence-corrected chi connectivity index (χ4v) is 3.00. The molecule has 21 heavy (non-hydrogen) atoms. The summed E-state index contributed by atoms with van der Waals surface area (Å²) in [6.07, 6.45) is 3.82. The molecule has 1 aromatic rings. The molecule has 1 aliphatic carbocycles. The molecule has 0 aliphatic heterocycles. The Morgan fingerprint density at radius 3 is 2.62 bits per heavy atom. The molecule has 0 unspecified atom stereocenters. The second kappa shape index (κ2) is 7.46. The minimum absolute atomic E-state index is 0.0846. The number of rotatable bonds is 6. The lowest BCUT2D eigenvalue weighted by Gasteiger charge is -2.15. The average Bonchev–Trinajstić information content (AvgIpc) is 2.79. The summed E-state index contributed by atoms with van der Waals surface area (Å²) in [7, 11) is 0. The standard InChI is InChI=1S/C17H26N2O2/c1-12-8-13(2)10-15(9-12)21-7-6-19-17(20)11-14-4-3-5-16(14)18/h8-10,14,16H,3-7,11,18H2,1-2H3,(H,19,20)/t14-,16+/m0/s1. The van der Waals surface area contributed by atoms with Crippen molar-refractivity contribution in [3.05, 3.63) is 29.3 Å². The van der Waals surface area contributed by atoms with Gasteiger partial charge in [0.25, 0.3) is 0 Å². The normalized spacial score (nSPS) is 21.3. The van der Waals surface area contributed by atoms with E-state index in [4.69, 9.17) is 10.5 Å². The van der Waals surface area contributed by atoms with E-state index >= 15 is 0 Å². The third-order valence-electron chi connectivity index (χ3n) is 4.05. The first-order valence-electron chi connectivity index (χ1n) is 7.78. The highest BCUT2D eigenvalue weighted by molar-refractivity contribution is 5.76. The summed E-state index contributed by atoms with van der Waals surface area (Å²) in [6.45, 7) is 5.12. The van der Waals surface area contributed by atoms with Crippen LogP contribution in [0.25, 0.3) is 0 Å². The second-order valence-electron chi connectivity index (χ2n) is 6.08. The number of carbonyl (C=O) groups excluding carboxylic acids is 1. The summed E-state index contributed by atoms with van der Waals surface area (Å²) >= 11 is 0. The van der Waals surface area contributed by atoms with Crippen molar-refractivity contribution in [2.75, 3.05) is 13.2 Å². The zero-order valence-corrected chi connectivity index (χ0v) is 13.0. The maximum Gasteiger partial charge on any atom is 0.220 e. The quantitative estimate of drug-likeness (QED) is 0.790. The number of carbonyl (C=O) groups is 1. The zero-order valence-electron chi connectivity index (χ0n) is 13.0. The first-order valence-corrected chi connectivity index (χ1v) is 7.78. The second-order valence-corrected chi connectivity index (χ2v) is 6.08. The van der Waals surface area contributed by atoms with E-state index in [-0.39, 0.29) is 11.9 Å². The largest absolute Gasteiger partial charge is 0.492 e. The van der Waals surface area contributed by atoms with Gasteiger partial charge in [-0.25, -0.2) is 0 Å². The Labute approximate surface area is 127 Å². The molecule has 1 aliphatic rings. The number of hydrogen-bond acceptors (Lipinski definition) is 3. The van der Waals surface area contributed by atoms with Crippen molar-refractivity contribution in [2.45, 2.75) is 45.6 Å². The van der Waals surface area contributed by atoms with Gasteiger partial charge in [0.15, 0.2) is 0 Å². The lowest BCUT2D eigenvalue weighted by Crippen LogP contribution is -2.33. The SMILES string of the molecule is Cc1cc(C)cc(OCCNC(=O)C[C@@H]2CCC[C@H]2N)c1. The fraction of sp³-hybridized carbons (Fsp3) is 0.588. The minimum Gasteiger partial charge on any atom is -0.492 e. The molecule has 0 radical (unpaired) electrons. The van der Waals surface area contributed by atoms with Crippen LogP contribution in [-0.4, -0.2) is 25.1 Å². The molecule has 2 atom stereocenters. The summed E-state index contributed by atoms with van der Waals surface area (Å²) in [4.78, 5) is 11.8. The molecule has 2 rings (SSSR count). The van der Waals surface area contributed by atoms with Gasteiger partial charge < -0.3 is 15.8 Å². The highest BCUT2D eigenvalue weighted by Crippen LogP contribution is 2.26. The zero-order chi connectivity index (χ0) is 15.2. The topological polar surface area (TPSA) is 64.3 Å². The maximum absolute atomic E-state index is 11.8. The van der Waals surface area contributed by atoms with E-state index < -0.39 is 0 Å². The Hall–Kier alpha value is -1.55. The third-order valence-corrected chi connectivity index (χ3v) is 4.05. The van der Waals surface area contributed by atoms with Crippen molar-refractivity contribution in [1.29, 1.82) is 0 Å². The molecule has 1 saturated carbocycles. The molecule has 116 valence electrons. The van der Waals surface area contributed by atoms with Crippen molar-refractivity contribution in [2.24, 2.45) is 11.7 Å². The Balaban J connectivity index is 1.66. The number of aryl methyl sites for hydroxylation is 2. The minimum atomic E-state index is 0.0846. The Kier molecular flexibility index (Phi) is 5.62. The number of amides is 1. The first-order chi connectivity index (χ1) is 10.0. The van der Waals surface area contributed by atoms with Crippen LogP contribution in [0.2, 0.25) is 0 Å². The molecule has 0 bridgehead atoms. The van der Waals surface area contributed by atoms with Crippen LogP contribution in [0.15, 0.2) is 18.2 Å². The van der Waals surface area contributed by atoms with Crippen LogP contribution in [0, 0.1) is 19.8 Å². The van der Waals surface area contributed by atoms with Crippen molar-refractivity contribution in [3.8, 4) is 5.75 Å². The van der Waals surface area contributed by atoms with Gasteiger partial charge in [0.1, 0.15) is 12.4 Å². The fourth-order valence-electron chi connectivity index (χ4n) is 3.00. The predicted molar refractivity (Wildman–Crippen MR) is 84.4 cm³/mol. The summed E-state index contributed by atoms with van der Waals surface area (Å²) < 4.78 is 5.67. The molecular weight excluding hydrogens is 264 g/mol. The molecule has 0 aromatic heterocycles. The molecule has 0 saturated heterocycles. The van der Waals surface area contributed by atoms with E-state index in [2.05, 4.69) is 11.4 Å². The molecule has 1 fully saturated rings. The number of nitrogens with one attached hydrogen (secondary N) is 1. The van der Waals surface area contributed by atoms with E-state index in [1.54, 1.807) is 0 Å². The lowest BCUT2D eigenvalue weighted by atomic mass is 10.00. The maximum atomic E-state index is 11.8. The number of nitrogens with two attached hydrogens (primary N) is 1. The Morgan fingerprint density at radius 1 is 1.29 bits per heavy atom. The van der Waals surface area contributed by atoms with Gasteiger partial charge >= 0.3 is 0 Å². The van der Waals surface area contributed by atoms with Gasteiger partial charge in [0.05, 0.1) is 6.54 Å². The average molecular weight is 290 g/mol. The lowest BCUT2D eigenvalue weighted by molar-refractivity contribution is -0.122. The van der Waals surface area contributed by atoms with Crippen molar-refractivity contribution in [3.63, 3.8) is 0 Å². The van der Waals surface area contributed by atoms with E-state index in [0.29, 0.717) is 25.5 Å². The highest BCUT2D eigenvalue weighted by Gasteiger charge is 2.25. The Morgan fingerprint density at radius 2 is 2.00 bits per heavy atom. The molecule has 3 N–H and O–H groups in total. The molecule has 0 heterocycles. The Bertz CT molecular complexity index is 467. The summed E-state index contributed by atoms with van der Waals surface area (Å²) in [5.41, 5.74) is 8.35. The van der Waals surface area contributed by atoms with E-state index in [9.17, 15) is 4.79 Å². The third kappa shape index (κ3) is 5.05. The van der Waals surface area contributed by atoms with Crippen LogP contribution >= 0.6 is 0 Å². The van der Waals surface area contributed by atoms with Gasteiger partial charge in [-0.1, -0.05) is 12.5 Å². The van der Waals surface area contributed by atoms with Crippen molar-refractivity contribution in [1.82, 2.24) is 5.32 Å². The number of benzene rings is 1. The van der Waals surface area contributed by atoms with E-state index in [0.717, 1.165) is 25.0 Å². The van der Waals surface area contributed by atoms with Crippen LogP contribution in [-0.2, 0) is 4.79 Å². The van der Waals surface area contributed by atoms with E-state index in [1.807, 2.05) is 26.0 Å². The van der Waals surface area contributed by atoms with Gasteiger partial charge in [-0.3, -0.25) is 4.79 Å². The monoisotopic (exact) mass is 290 g/mol. The van der Waals surface area contributed by atoms with Crippen LogP contribution in [0.1, 0.15) is 36.8 Å². The van der Waals surface area contributed by atoms with Gasteiger partial charge in [-0.15, -0.1) is 0 Å². The smallest absolute Gasteiger partial charge is 0.220 e. The first kappa shape index (κ1) is 15.8. The van der Waals surface area contributed by atoms with Crippen molar-refractivity contribution >= 4 is 5.91 Å². The molecule has 4 heteroatoms. The van der Waals surface area contributed by atoms with Gasteiger partial charge in [-0.2, -0.15) is 0 Å². The molecule has 1 aromatic carbocycles. The highest BCUT2D eigenvalue weighted by atomic mass is 16.5. The molecule has 4 nitrogen and oxygen atoms in total. The molecular formula is C17H26N2O2. The van der Waals surface area contributed by atoms with Crippen LogP contribution in [0.3, 0.4) is 0 Å². The van der Waals surface area contributed by atoms with E-state index in [1.165, 1.54) is 11.1 Å². The number of ether oxygens (including phenoxy) is 1. The summed E-state index contributed by atoms with van der Waals surface area (Å²) in [5.74, 6) is 1.30. The van der Waals surface area contributed by atoms with Crippen LogP contribution in [0.5, 0.6) is 5.75 Å². The van der Waals surface area contributed by atoms with Crippen LogP contribution in [0.4, 0.5) is 0 Å². The van der Waals surface area contributed by atoms with Crippen molar-refractivity contribution < 1.29 is 9.53 Å². The number of hydrogen-bond donors (Lipinski definition) is 2. The molecule has 1 amide bonds. The van der Waals surface area contributed by atoms with Crippen LogP contribution < -0.4 is 15.8 Å². The molecule has 0 spiro atoms. The predicted octanol–water partition coefficient (Wildman–Crippen LogP) is 2.32. The summed E-state index contributed by atoms with van der Waals surface area (Å²) in [5, 5.41) is 2.91.